The van der Waals surface area contributed by atoms with Gasteiger partial charge in [0.05, 0.1) is 10.7 Å². The van der Waals surface area contributed by atoms with Gasteiger partial charge in [0.25, 0.3) is 0 Å². The van der Waals surface area contributed by atoms with Crippen LogP contribution in [0.2, 0.25) is 5.02 Å². The van der Waals surface area contributed by atoms with Crippen molar-refractivity contribution in [2.75, 3.05) is 5.73 Å². The van der Waals surface area contributed by atoms with Gasteiger partial charge in [-0.25, -0.2) is 4.39 Å². The second kappa shape index (κ2) is 3.83. The van der Waals surface area contributed by atoms with E-state index < -0.39 is 0 Å². The summed E-state index contributed by atoms with van der Waals surface area (Å²) < 4.78 is 13.2. The lowest BCUT2D eigenvalue weighted by molar-refractivity contribution is 0.628. The molecule has 0 saturated carbocycles. The number of hydrogen-bond acceptors (Lipinski definition) is 2. The molecule has 0 unspecified atom stereocenters. The zero-order valence-electron chi connectivity index (χ0n) is 8.05. The summed E-state index contributed by atoms with van der Waals surface area (Å²) in [5.41, 5.74) is 7.80. The third kappa shape index (κ3) is 1.98. The smallest absolute Gasteiger partial charge is 0.125 e. The van der Waals surface area contributed by atoms with Gasteiger partial charge in [-0.05, 0) is 36.1 Å². The minimum Gasteiger partial charge on any atom is -0.397 e. The van der Waals surface area contributed by atoms with Crippen LogP contribution in [0.5, 0.6) is 0 Å². The van der Waals surface area contributed by atoms with E-state index in [4.69, 9.17) is 17.3 Å². The molecule has 0 aliphatic carbocycles. The molecule has 0 aliphatic rings. The Hall–Kier alpha value is -1.06. The second-order valence-corrected chi connectivity index (χ2v) is 4.82. The van der Waals surface area contributed by atoms with Gasteiger partial charge in [0.2, 0.25) is 0 Å². The van der Waals surface area contributed by atoms with Crippen molar-refractivity contribution in [1.82, 2.24) is 0 Å². The Balaban J connectivity index is 2.62. The Labute approximate surface area is 96.3 Å². The van der Waals surface area contributed by atoms with Crippen molar-refractivity contribution in [3.05, 3.63) is 39.3 Å². The van der Waals surface area contributed by atoms with Gasteiger partial charge in [-0.1, -0.05) is 11.6 Å². The Kier molecular flexibility index (Phi) is 2.67. The molecule has 0 atom stereocenters. The molecule has 0 amide bonds. The first-order valence-electron chi connectivity index (χ1n) is 4.38. The van der Waals surface area contributed by atoms with Crippen LogP contribution in [-0.2, 0) is 0 Å². The van der Waals surface area contributed by atoms with E-state index >= 15 is 0 Å². The molecule has 4 heteroatoms. The highest BCUT2D eigenvalue weighted by molar-refractivity contribution is 7.10. The van der Waals surface area contributed by atoms with Gasteiger partial charge in [-0.2, -0.15) is 0 Å². The van der Waals surface area contributed by atoms with Crippen molar-refractivity contribution in [1.29, 1.82) is 0 Å². The molecule has 1 aromatic carbocycles. The summed E-state index contributed by atoms with van der Waals surface area (Å²) in [4.78, 5) is 1.16. The van der Waals surface area contributed by atoms with E-state index in [-0.39, 0.29) is 10.8 Å². The lowest BCUT2D eigenvalue weighted by Gasteiger charge is -2.05. The van der Waals surface area contributed by atoms with E-state index in [9.17, 15) is 4.39 Å². The maximum atomic E-state index is 13.2. The van der Waals surface area contributed by atoms with E-state index in [1.165, 1.54) is 12.1 Å². The molecule has 1 heterocycles. The van der Waals surface area contributed by atoms with E-state index in [1.54, 1.807) is 11.3 Å². The number of benzene rings is 1. The molecule has 1 aromatic heterocycles. The standard InChI is InChI=1S/C11H9ClFNS/c1-6-2-7(5-15-6)9-3-8(13)4-10(12)11(9)14/h2-5H,14H2,1H3. The fraction of sp³-hybridized carbons (Fsp3) is 0.0909. The van der Waals surface area contributed by atoms with Crippen molar-refractivity contribution in [2.45, 2.75) is 6.92 Å². The van der Waals surface area contributed by atoms with Crippen molar-refractivity contribution in [2.24, 2.45) is 0 Å². The SMILES string of the molecule is Cc1cc(-c2cc(F)cc(Cl)c2N)cs1. The predicted octanol–water partition coefficient (Wildman–Crippen LogP) is 4.10. The summed E-state index contributed by atoms with van der Waals surface area (Å²) in [7, 11) is 0. The fourth-order valence-corrected chi connectivity index (χ4v) is 2.32. The maximum Gasteiger partial charge on any atom is 0.125 e. The largest absolute Gasteiger partial charge is 0.397 e. The first-order valence-corrected chi connectivity index (χ1v) is 5.63. The molecule has 2 rings (SSSR count). The van der Waals surface area contributed by atoms with Crippen molar-refractivity contribution >= 4 is 28.6 Å². The van der Waals surface area contributed by atoms with Crippen LogP contribution in [0.3, 0.4) is 0 Å². The van der Waals surface area contributed by atoms with E-state index in [0.717, 1.165) is 10.4 Å². The monoisotopic (exact) mass is 241 g/mol. The molecule has 0 fully saturated rings. The maximum absolute atomic E-state index is 13.2. The molecule has 15 heavy (non-hydrogen) atoms. The van der Waals surface area contributed by atoms with Crippen LogP contribution >= 0.6 is 22.9 Å². The zero-order valence-corrected chi connectivity index (χ0v) is 9.62. The average molecular weight is 242 g/mol. The summed E-state index contributed by atoms with van der Waals surface area (Å²) in [5, 5.41) is 2.20. The topological polar surface area (TPSA) is 26.0 Å². The van der Waals surface area contributed by atoms with Gasteiger partial charge in [0.1, 0.15) is 5.82 Å². The number of thiophene rings is 1. The highest BCUT2D eigenvalue weighted by atomic mass is 35.5. The molecule has 0 spiro atoms. The molecule has 2 N–H and O–H groups in total. The van der Waals surface area contributed by atoms with Gasteiger partial charge in [0.15, 0.2) is 0 Å². The number of anilines is 1. The molecule has 0 aliphatic heterocycles. The number of halogens is 2. The lowest BCUT2D eigenvalue weighted by atomic mass is 10.1. The van der Waals surface area contributed by atoms with Crippen molar-refractivity contribution in [3.63, 3.8) is 0 Å². The van der Waals surface area contributed by atoms with Crippen LogP contribution in [-0.4, -0.2) is 0 Å². The Morgan fingerprint density at radius 2 is 2.07 bits per heavy atom. The summed E-state index contributed by atoms with van der Waals surface area (Å²) in [6.45, 7) is 1.99. The van der Waals surface area contributed by atoms with Crippen LogP contribution in [0.1, 0.15) is 4.88 Å². The van der Waals surface area contributed by atoms with Crippen molar-refractivity contribution in [3.8, 4) is 11.1 Å². The summed E-state index contributed by atoms with van der Waals surface area (Å²) in [5.74, 6) is -0.368. The highest BCUT2D eigenvalue weighted by Crippen LogP contribution is 2.34. The molecule has 78 valence electrons. The van der Waals surface area contributed by atoms with Crippen LogP contribution in [0, 0.1) is 12.7 Å². The molecule has 2 aromatic rings. The highest BCUT2D eigenvalue weighted by Gasteiger charge is 2.09. The first kappa shape index (κ1) is 10.5. The van der Waals surface area contributed by atoms with Crippen molar-refractivity contribution < 1.29 is 4.39 Å². The number of rotatable bonds is 1. The third-order valence-corrected chi connectivity index (χ3v) is 3.31. The van der Waals surface area contributed by atoms with Gasteiger partial charge < -0.3 is 5.73 Å². The van der Waals surface area contributed by atoms with Gasteiger partial charge in [-0.3, -0.25) is 0 Å². The molecule has 0 bridgehead atoms. The predicted molar refractivity (Wildman–Crippen MR) is 63.9 cm³/mol. The normalized spacial score (nSPS) is 10.6. The average Bonchev–Trinajstić information content (AvgIpc) is 2.58. The van der Waals surface area contributed by atoms with Crippen LogP contribution < -0.4 is 5.73 Å². The fourth-order valence-electron chi connectivity index (χ4n) is 1.41. The summed E-state index contributed by atoms with van der Waals surface area (Å²) in [6.07, 6.45) is 0. The van der Waals surface area contributed by atoms with Crippen LogP contribution in [0.15, 0.2) is 23.6 Å². The molecular formula is C11H9ClFNS. The molecule has 0 saturated heterocycles. The second-order valence-electron chi connectivity index (χ2n) is 3.29. The van der Waals surface area contributed by atoms with Gasteiger partial charge in [0, 0.05) is 10.4 Å². The lowest BCUT2D eigenvalue weighted by Crippen LogP contribution is -1.92. The number of nitrogens with two attached hydrogens (primary N) is 1. The quantitative estimate of drug-likeness (QED) is 0.748. The molecule has 1 nitrogen and oxygen atoms in total. The van der Waals surface area contributed by atoms with E-state index in [2.05, 4.69) is 0 Å². The number of hydrogen-bond donors (Lipinski definition) is 1. The van der Waals surface area contributed by atoms with E-state index in [0.29, 0.717) is 11.3 Å². The molecular weight excluding hydrogens is 233 g/mol. The van der Waals surface area contributed by atoms with E-state index in [1.807, 2.05) is 18.4 Å². The first-order chi connectivity index (χ1) is 7.08. The summed E-state index contributed by atoms with van der Waals surface area (Å²) >= 11 is 7.41. The molecule has 0 radical (unpaired) electrons. The Bertz CT molecular complexity index is 507. The number of nitrogen functional groups attached to an aromatic ring is 1. The minimum atomic E-state index is -0.368. The zero-order chi connectivity index (χ0) is 11.0. The van der Waals surface area contributed by atoms with Gasteiger partial charge >= 0.3 is 0 Å². The van der Waals surface area contributed by atoms with Gasteiger partial charge in [-0.15, -0.1) is 11.3 Å². The number of aryl methyl sites for hydroxylation is 1. The Morgan fingerprint density at radius 1 is 1.33 bits per heavy atom. The minimum absolute atomic E-state index is 0.258. The third-order valence-electron chi connectivity index (χ3n) is 2.14. The van der Waals surface area contributed by atoms with Crippen LogP contribution in [0.25, 0.3) is 11.1 Å². The van der Waals surface area contributed by atoms with Crippen LogP contribution in [0.4, 0.5) is 10.1 Å². The Morgan fingerprint density at radius 3 is 2.67 bits per heavy atom. The summed E-state index contributed by atoms with van der Waals surface area (Å²) in [6, 6.07) is 4.59.